The highest BCUT2D eigenvalue weighted by atomic mass is 79.9. The summed E-state index contributed by atoms with van der Waals surface area (Å²) in [6.07, 6.45) is 0. The molecule has 1 aromatic carbocycles. The van der Waals surface area contributed by atoms with Gasteiger partial charge in [0.15, 0.2) is 0 Å². The molecule has 0 aliphatic rings. The molecular weight excluding hydrogens is 231 g/mol. The first-order chi connectivity index (χ1) is 5.02. The predicted molar refractivity (Wildman–Crippen MR) is 64.8 cm³/mol. The van der Waals surface area contributed by atoms with Crippen LogP contribution in [0.25, 0.3) is 0 Å². The minimum atomic E-state index is 0. The summed E-state index contributed by atoms with van der Waals surface area (Å²) in [4.78, 5) is 0. The van der Waals surface area contributed by atoms with Crippen molar-refractivity contribution in [2.75, 3.05) is 0 Å². The largest absolute Gasteiger partial charge is 0.114 e. The first-order valence-corrected chi connectivity index (χ1v) is 4.44. The highest BCUT2D eigenvalue weighted by molar-refractivity contribution is 8.93. The summed E-state index contributed by atoms with van der Waals surface area (Å²) in [5.74, 6) is 0. The molecule has 1 aromatic rings. The second kappa shape index (κ2) is 4.39. The molecule has 0 nitrogen and oxygen atoms in total. The van der Waals surface area contributed by atoms with Crippen LogP contribution in [0.4, 0.5) is 0 Å². The number of rotatable bonds is 0. The summed E-state index contributed by atoms with van der Waals surface area (Å²) in [5, 5.41) is 1.31. The van der Waals surface area contributed by atoms with Gasteiger partial charge in [-0.1, -0.05) is 45.0 Å². The molecule has 0 radical (unpaired) electrons. The van der Waals surface area contributed by atoms with Gasteiger partial charge in [-0.2, -0.15) is 0 Å². The van der Waals surface area contributed by atoms with Crippen LogP contribution in [0.3, 0.4) is 0 Å². The maximum atomic E-state index is 2.77. The van der Waals surface area contributed by atoms with Gasteiger partial charge in [-0.15, -0.1) is 26.2 Å². The van der Waals surface area contributed by atoms with E-state index >= 15 is 0 Å². The van der Waals surface area contributed by atoms with Crippen LogP contribution in [0.2, 0.25) is 0 Å². The first kappa shape index (κ1) is 12.1. The van der Waals surface area contributed by atoms with Gasteiger partial charge in [0, 0.05) is 0 Å². The van der Waals surface area contributed by atoms with Crippen LogP contribution < -0.4 is 5.30 Å². The number of hydrogen-bond donors (Lipinski definition) is 0. The summed E-state index contributed by atoms with van der Waals surface area (Å²) in [7, 11) is 2.77. The van der Waals surface area contributed by atoms with Crippen molar-refractivity contribution in [2.45, 2.75) is 26.2 Å². The molecule has 2 heteroatoms. The van der Waals surface area contributed by atoms with Crippen molar-refractivity contribution >= 4 is 31.5 Å². The summed E-state index contributed by atoms with van der Waals surface area (Å²) in [6.45, 7) is 6.70. The Hall–Kier alpha value is 0.130. The van der Waals surface area contributed by atoms with Crippen molar-refractivity contribution in [3.8, 4) is 0 Å². The molecule has 0 saturated heterocycles. The van der Waals surface area contributed by atoms with Gasteiger partial charge in [-0.3, -0.25) is 0 Å². The molecule has 0 heterocycles. The molecule has 0 spiro atoms. The monoisotopic (exact) mass is 246 g/mol. The summed E-state index contributed by atoms with van der Waals surface area (Å²) < 4.78 is 0. The minimum Gasteiger partial charge on any atom is -0.114 e. The van der Waals surface area contributed by atoms with Gasteiger partial charge in [0.1, 0.15) is 0 Å². The third-order valence-corrected chi connectivity index (χ3v) is 2.27. The SMILES string of the molecule is Br.CC(C)(C)c1ccccc1P. The molecule has 0 fully saturated rings. The van der Waals surface area contributed by atoms with E-state index in [1.807, 2.05) is 0 Å². The third-order valence-electron chi connectivity index (χ3n) is 1.77. The smallest absolute Gasteiger partial charge is 0.0126 e. The number of benzene rings is 1. The van der Waals surface area contributed by atoms with Crippen LogP contribution >= 0.6 is 26.2 Å². The van der Waals surface area contributed by atoms with E-state index in [2.05, 4.69) is 54.3 Å². The van der Waals surface area contributed by atoms with Gasteiger partial charge in [0.25, 0.3) is 0 Å². The fourth-order valence-corrected chi connectivity index (χ4v) is 1.82. The summed E-state index contributed by atoms with van der Waals surface area (Å²) in [6, 6.07) is 8.47. The van der Waals surface area contributed by atoms with Crippen molar-refractivity contribution in [3.63, 3.8) is 0 Å². The quantitative estimate of drug-likeness (QED) is 0.618. The van der Waals surface area contributed by atoms with Gasteiger partial charge in [0.05, 0.1) is 0 Å². The molecule has 68 valence electrons. The Morgan fingerprint density at radius 2 is 1.58 bits per heavy atom. The Labute approximate surface area is 87.7 Å². The van der Waals surface area contributed by atoms with Crippen molar-refractivity contribution in [3.05, 3.63) is 29.8 Å². The van der Waals surface area contributed by atoms with Crippen LogP contribution in [0, 0.1) is 0 Å². The molecule has 0 aliphatic carbocycles. The van der Waals surface area contributed by atoms with Crippen LogP contribution in [-0.2, 0) is 5.41 Å². The number of halogens is 1. The van der Waals surface area contributed by atoms with E-state index in [0.29, 0.717) is 0 Å². The predicted octanol–water partition coefficient (Wildman–Crippen LogP) is 3.06. The zero-order valence-corrected chi connectivity index (χ0v) is 10.7. The van der Waals surface area contributed by atoms with Crippen LogP contribution in [0.15, 0.2) is 24.3 Å². The molecule has 0 saturated carbocycles. The Balaban J connectivity index is 0.00000121. The van der Waals surface area contributed by atoms with Gasteiger partial charge < -0.3 is 0 Å². The normalized spacial score (nSPS) is 10.7. The van der Waals surface area contributed by atoms with Gasteiger partial charge in [-0.05, 0) is 16.3 Å². The van der Waals surface area contributed by atoms with Crippen LogP contribution in [0.1, 0.15) is 26.3 Å². The fraction of sp³-hybridized carbons (Fsp3) is 0.400. The first-order valence-electron chi connectivity index (χ1n) is 3.87. The second-order valence-electron chi connectivity index (χ2n) is 3.84. The molecular formula is C10H16BrP. The van der Waals surface area contributed by atoms with Gasteiger partial charge in [0.2, 0.25) is 0 Å². The van der Waals surface area contributed by atoms with Gasteiger partial charge in [-0.25, -0.2) is 0 Å². The molecule has 1 unspecified atom stereocenters. The minimum absolute atomic E-state index is 0. The van der Waals surface area contributed by atoms with E-state index in [1.54, 1.807) is 0 Å². The average Bonchev–Trinajstić information content (AvgIpc) is 1.86. The van der Waals surface area contributed by atoms with E-state index in [-0.39, 0.29) is 22.4 Å². The maximum absolute atomic E-state index is 2.77. The Bertz CT molecular complexity index is 250. The van der Waals surface area contributed by atoms with Gasteiger partial charge >= 0.3 is 0 Å². The van der Waals surface area contributed by atoms with Crippen LogP contribution in [-0.4, -0.2) is 0 Å². The number of hydrogen-bond acceptors (Lipinski definition) is 0. The zero-order chi connectivity index (χ0) is 8.48. The Morgan fingerprint density at radius 1 is 1.08 bits per heavy atom. The van der Waals surface area contributed by atoms with Crippen molar-refractivity contribution in [1.82, 2.24) is 0 Å². The lowest BCUT2D eigenvalue weighted by Crippen LogP contribution is -2.18. The van der Waals surface area contributed by atoms with Crippen molar-refractivity contribution in [2.24, 2.45) is 0 Å². The highest BCUT2D eigenvalue weighted by Gasteiger charge is 2.14. The van der Waals surface area contributed by atoms with E-state index in [4.69, 9.17) is 0 Å². The topological polar surface area (TPSA) is 0 Å². The molecule has 0 aromatic heterocycles. The Kier molecular flexibility index (Phi) is 4.44. The highest BCUT2D eigenvalue weighted by Crippen LogP contribution is 2.20. The maximum Gasteiger partial charge on any atom is -0.0126 e. The average molecular weight is 247 g/mol. The lowest BCUT2D eigenvalue weighted by molar-refractivity contribution is 0.594. The van der Waals surface area contributed by atoms with E-state index < -0.39 is 0 Å². The standard InChI is InChI=1S/C10H15P.BrH/c1-10(2,3)8-6-4-5-7-9(8)11;/h4-7H,11H2,1-3H3;1H. The molecule has 12 heavy (non-hydrogen) atoms. The van der Waals surface area contributed by atoms with E-state index in [1.165, 1.54) is 10.9 Å². The Morgan fingerprint density at radius 3 is 1.92 bits per heavy atom. The second-order valence-corrected chi connectivity index (χ2v) is 4.46. The van der Waals surface area contributed by atoms with Crippen molar-refractivity contribution < 1.29 is 0 Å². The molecule has 1 atom stereocenters. The fourth-order valence-electron chi connectivity index (χ4n) is 1.18. The molecule has 0 amide bonds. The molecule has 0 bridgehead atoms. The van der Waals surface area contributed by atoms with E-state index in [0.717, 1.165) is 0 Å². The van der Waals surface area contributed by atoms with E-state index in [9.17, 15) is 0 Å². The zero-order valence-electron chi connectivity index (χ0n) is 7.79. The lowest BCUT2D eigenvalue weighted by atomic mass is 9.87. The summed E-state index contributed by atoms with van der Waals surface area (Å²) >= 11 is 0. The lowest BCUT2D eigenvalue weighted by Gasteiger charge is -2.20. The molecule has 0 aliphatic heterocycles. The van der Waals surface area contributed by atoms with Crippen molar-refractivity contribution in [1.29, 1.82) is 0 Å². The van der Waals surface area contributed by atoms with Crippen LogP contribution in [0.5, 0.6) is 0 Å². The third kappa shape index (κ3) is 2.88. The molecule has 0 N–H and O–H groups in total. The molecule has 1 rings (SSSR count). The summed E-state index contributed by atoms with van der Waals surface area (Å²) in [5.41, 5.74) is 1.67.